The fraction of sp³-hybridized carbons (Fsp3) is 0.630. The van der Waals surface area contributed by atoms with Gasteiger partial charge in [-0.25, -0.2) is 0 Å². The van der Waals surface area contributed by atoms with E-state index in [4.69, 9.17) is 20.7 Å². The number of carbonyl (C=O) groups excluding carboxylic acids is 1. The van der Waals surface area contributed by atoms with E-state index in [0.717, 1.165) is 55.1 Å². The molecule has 36 heavy (non-hydrogen) atoms. The van der Waals surface area contributed by atoms with Crippen LogP contribution in [-0.2, 0) is 0 Å². The van der Waals surface area contributed by atoms with E-state index in [2.05, 4.69) is 27.9 Å². The van der Waals surface area contributed by atoms with Gasteiger partial charge in [0.25, 0.3) is 0 Å². The van der Waals surface area contributed by atoms with Crippen LogP contribution in [-0.4, -0.2) is 53.6 Å². The monoisotopic (exact) mass is 490 g/mol. The maximum atomic E-state index is 11.7. The number of benzene rings is 1. The molecule has 1 saturated heterocycles. The summed E-state index contributed by atoms with van der Waals surface area (Å²) >= 11 is 0. The van der Waals surface area contributed by atoms with Crippen LogP contribution in [0.1, 0.15) is 60.9 Å². The van der Waals surface area contributed by atoms with Crippen LogP contribution in [0.2, 0.25) is 0 Å². The van der Waals surface area contributed by atoms with Gasteiger partial charge in [0.2, 0.25) is 23.8 Å². The van der Waals surface area contributed by atoms with E-state index in [1.807, 2.05) is 13.0 Å². The fourth-order valence-corrected chi connectivity index (χ4v) is 7.70. The first-order chi connectivity index (χ1) is 17.3. The molecule has 1 aromatic heterocycles. The number of aromatic nitrogens is 3. The number of nitrogens with zero attached hydrogens (tertiary/aromatic N) is 4. The van der Waals surface area contributed by atoms with Crippen molar-refractivity contribution in [1.29, 1.82) is 0 Å². The van der Waals surface area contributed by atoms with Gasteiger partial charge in [-0.1, -0.05) is 6.07 Å². The summed E-state index contributed by atoms with van der Waals surface area (Å²) in [5, 5.41) is 10.2. The van der Waals surface area contributed by atoms with E-state index in [-0.39, 0.29) is 0 Å². The predicted octanol–water partition coefficient (Wildman–Crippen LogP) is 3.45. The number of anilines is 4. The molecule has 4 bridgehead atoms. The molecule has 4 aliphatic carbocycles. The number of nitrogens with one attached hydrogen (secondary N) is 3. The zero-order chi connectivity index (χ0) is 24.9. The zero-order valence-corrected chi connectivity index (χ0v) is 21.4. The smallest absolute Gasteiger partial charge is 0.248 e. The van der Waals surface area contributed by atoms with Gasteiger partial charge < -0.3 is 26.6 Å². The minimum absolute atomic E-state index is 0.293. The van der Waals surface area contributed by atoms with Gasteiger partial charge in [-0.3, -0.25) is 4.79 Å². The molecule has 7 rings (SSSR count). The summed E-state index contributed by atoms with van der Waals surface area (Å²) in [6.07, 6.45) is 9.39. The van der Waals surface area contributed by atoms with Crippen molar-refractivity contribution < 1.29 is 4.79 Å². The van der Waals surface area contributed by atoms with Gasteiger partial charge in [-0.2, -0.15) is 15.0 Å². The molecule has 5 N–H and O–H groups in total. The molecule has 0 unspecified atom stereocenters. The molecule has 5 aliphatic rings. The molecule has 1 amide bonds. The highest BCUT2D eigenvalue weighted by atomic mass is 16.1. The minimum atomic E-state index is -0.458. The molecule has 1 aliphatic heterocycles. The topological polar surface area (TPSA) is 121 Å². The van der Waals surface area contributed by atoms with Crippen LogP contribution in [0.5, 0.6) is 0 Å². The summed E-state index contributed by atoms with van der Waals surface area (Å²) in [5.74, 6) is 4.00. The first kappa shape index (κ1) is 23.5. The predicted molar refractivity (Wildman–Crippen MR) is 142 cm³/mol. The Bertz CT molecular complexity index is 1110. The quantitative estimate of drug-likeness (QED) is 0.444. The van der Waals surface area contributed by atoms with Gasteiger partial charge in [-0.05, 0) is 99.3 Å². The summed E-state index contributed by atoms with van der Waals surface area (Å²) < 4.78 is 0. The van der Waals surface area contributed by atoms with Crippen LogP contribution in [0.15, 0.2) is 18.2 Å². The number of aryl methyl sites for hydroxylation is 1. The zero-order valence-electron chi connectivity index (χ0n) is 21.4. The molecule has 0 radical (unpaired) electrons. The van der Waals surface area contributed by atoms with E-state index in [0.29, 0.717) is 34.9 Å². The van der Waals surface area contributed by atoms with Gasteiger partial charge in [0.15, 0.2) is 0 Å². The molecule has 192 valence electrons. The molecule has 4 saturated carbocycles. The molecular weight excluding hydrogens is 452 g/mol. The number of hydrogen-bond acceptors (Lipinski definition) is 8. The molecule has 2 aromatic rings. The van der Waals surface area contributed by atoms with Crippen LogP contribution in [0.4, 0.5) is 23.5 Å². The third-order valence-corrected chi connectivity index (χ3v) is 8.86. The number of amides is 1. The van der Waals surface area contributed by atoms with Crippen molar-refractivity contribution >= 4 is 29.4 Å². The molecule has 5 fully saturated rings. The third-order valence-electron chi connectivity index (χ3n) is 8.86. The Morgan fingerprint density at radius 2 is 1.81 bits per heavy atom. The lowest BCUT2D eigenvalue weighted by Crippen LogP contribution is -2.51. The standard InChI is InChI=1S/C27H38N8O/c1-16-3-4-20(23(28)36)10-22(16)31-25-32-24(30-21-5-6-29-14-21)33-26(34-25)35(2)15-27-11-17-7-18(12-27)9-19(8-17)13-27/h3-4,10,17-19,21,29H,5-9,11-15H2,1-2H3,(H2,28,36)(H2,30,31,32,33,34)/t17?,18?,19?,21-,27?/m1/s1. The van der Waals surface area contributed by atoms with Crippen molar-refractivity contribution in [3.05, 3.63) is 29.3 Å². The van der Waals surface area contributed by atoms with E-state index in [9.17, 15) is 4.79 Å². The Balaban J connectivity index is 1.28. The SMILES string of the molecule is Cc1ccc(C(N)=O)cc1Nc1nc(N[C@@H]2CCNC2)nc(N(C)CC23CC4CC(CC(C4)C2)C3)n1. The van der Waals surface area contributed by atoms with E-state index >= 15 is 0 Å². The van der Waals surface area contributed by atoms with Crippen molar-refractivity contribution in [3.63, 3.8) is 0 Å². The highest BCUT2D eigenvalue weighted by Gasteiger charge is 2.51. The van der Waals surface area contributed by atoms with Gasteiger partial charge in [-0.15, -0.1) is 0 Å². The number of hydrogen-bond donors (Lipinski definition) is 4. The van der Waals surface area contributed by atoms with Crippen molar-refractivity contribution in [3.8, 4) is 0 Å². The Morgan fingerprint density at radius 3 is 2.44 bits per heavy atom. The first-order valence-electron chi connectivity index (χ1n) is 13.5. The van der Waals surface area contributed by atoms with Gasteiger partial charge in [0, 0.05) is 37.4 Å². The summed E-state index contributed by atoms with van der Waals surface area (Å²) in [6, 6.07) is 5.67. The number of nitrogens with two attached hydrogens (primary N) is 1. The lowest BCUT2D eigenvalue weighted by atomic mass is 9.49. The first-order valence-corrected chi connectivity index (χ1v) is 13.5. The fourth-order valence-electron chi connectivity index (χ4n) is 7.70. The van der Waals surface area contributed by atoms with Crippen LogP contribution < -0.4 is 26.6 Å². The van der Waals surface area contributed by atoms with Crippen LogP contribution in [0.3, 0.4) is 0 Å². The Hall–Kier alpha value is -2.94. The van der Waals surface area contributed by atoms with E-state index in [1.54, 1.807) is 12.1 Å². The Kier molecular flexibility index (Phi) is 5.98. The average Bonchev–Trinajstić information content (AvgIpc) is 3.32. The lowest BCUT2D eigenvalue weighted by molar-refractivity contribution is -0.0473. The highest BCUT2D eigenvalue weighted by Crippen LogP contribution is 2.60. The maximum absolute atomic E-state index is 11.7. The lowest BCUT2D eigenvalue weighted by Gasteiger charge is -2.57. The summed E-state index contributed by atoms with van der Waals surface area (Å²) in [6.45, 7) is 4.86. The van der Waals surface area contributed by atoms with Crippen LogP contribution in [0.25, 0.3) is 0 Å². The minimum Gasteiger partial charge on any atom is -0.366 e. The number of carbonyl (C=O) groups is 1. The van der Waals surface area contributed by atoms with Crippen molar-refractivity contribution in [2.75, 3.05) is 42.2 Å². The van der Waals surface area contributed by atoms with E-state index in [1.165, 1.54) is 38.5 Å². The van der Waals surface area contributed by atoms with Gasteiger partial charge in [0.05, 0.1) is 0 Å². The summed E-state index contributed by atoms with van der Waals surface area (Å²) in [7, 11) is 2.12. The van der Waals surface area contributed by atoms with Gasteiger partial charge in [0.1, 0.15) is 0 Å². The molecule has 9 nitrogen and oxygen atoms in total. The van der Waals surface area contributed by atoms with Crippen molar-refractivity contribution in [2.45, 2.75) is 57.9 Å². The second-order valence-electron chi connectivity index (χ2n) is 11.9. The van der Waals surface area contributed by atoms with Crippen LogP contribution >= 0.6 is 0 Å². The number of primary amides is 1. The molecule has 2 heterocycles. The second kappa shape index (κ2) is 9.18. The van der Waals surface area contributed by atoms with Crippen molar-refractivity contribution in [1.82, 2.24) is 20.3 Å². The normalized spacial score (nSPS) is 30.4. The average molecular weight is 491 g/mol. The molecule has 1 atom stereocenters. The molecule has 1 aromatic carbocycles. The molecular formula is C27H38N8O. The maximum Gasteiger partial charge on any atom is 0.248 e. The Labute approximate surface area is 213 Å². The van der Waals surface area contributed by atoms with E-state index < -0.39 is 5.91 Å². The highest BCUT2D eigenvalue weighted by molar-refractivity contribution is 5.94. The third kappa shape index (κ3) is 4.73. The summed E-state index contributed by atoms with van der Waals surface area (Å²) in [5.41, 5.74) is 8.10. The van der Waals surface area contributed by atoms with Crippen LogP contribution in [0, 0.1) is 30.1 Å². The second-order valence-corrected chi connectivity index (χ2v) is 11.9. The largest absolute Gasteiger partial charge is 0.366 e. The molecule has 9 heteroatoms. The van der Waals surface area contributed by atoms with Gasteiger partial charge >= 0.3 is 0 Å². The van der Waals surface area contributed by atoms with Crippen molar-refractivity contribution in [2.24, 2.45) is 28.9 Å². The summed E-state index contributed by atoms with van der Waals surface area (Å²) in [4.78, 5) is 28.4. The Morgan fingerprint density at radius 1 is 1.11 bits per heavy atom. The number of rotatable bonds is 8. The molecule has 0 spiro atoms.